The highest BCUT2D eigenvalue weighted by atomic mass is 32.2. The number of amides is 1. The number of sulfonamides is 1. The van der Waals surface area contributed by atoms with Crippen LogP contribution in [0.4, 0.5) is 5.69 Å². The standard InChI is InChI=1S/C21H26N2O5S/c1-15-10-12-23(13-11-15)29(25,26)18-7-4-16(5-8-18)21(24)22-19-9-6-17(27-2)14-20(19)28-3/h4-9,14-15H,10-13H2,1-3H3,(H,22,24). The maximum atomic E-state index is 12.8. The highest BCUT2D eigenvalue weighted by Crippen LogP contribution is 2.29. The van der Waals surface area contributed by atoms with Gasteiger partial charge in [-0.05, 0) is 55.2 Å². The van der Waals surface area contributed by atoms with Crippen molar-refractivity contribution in [2.45, 2.75) is 24.7 Å². The first-order valence-corrected chi connectivity index (χ1v) is 10.9. The number of ether oxygens (including phenoxy) is 2. The van der Waals surface area contributed by atoms with E-state index in [4.69, 9.17) is 9.47 Å². The second kappa shape index (κ2) is 8.84. The van der Waals surface area contributed by atoms with E-state index >= 15 is 0 Å². The van der Waals surface area contributed by atoms with Crippen molar-refractivity contribution in [2.75, 3.05) is 32.6 Å². The molecular formula is C21H26N2O5S. The van der Waals surface area contributed by atoms with Gasteiger partial charge < -0.3 is 14.8 Å². The molecule has 1 saturated heterocycles. The van der Waals surface area contributed by atoms with E-state index in [1.54, 1.807) is 25.3 Å². The van der Waals surface area contributed by atoms with Gasteiger partial charge in [-0.3, -0.25) is 4.79 Å². The zero-order valence-corrected chi connectivity index (χ0v) is 17.7. The van der Waals surface area contributed by atoms with E-state index in [0.29, 0.717) is 41.8 Å². The fourth-order valence-electron chi connectivity index (χ4n) is 3.25. The first-order chi connectivity index (χ1) is 13.8. The molecule has 1 fully saturated rings. The van der Waals surface area contributed by atoms with Gasteiger partial charge in [-0.15, -0.1) is 0 Å². The van der Waals surface area contributed by atoms with E-state index in [2.05, 4.69) is 12.2 Å². The summed E-state index contributed by atoms with van der Waals surface area (Å²) in [5.74, 6) is 1.27. The number of carbonyl (C=O) groups is 1. The molecule has 0 atom stereocenters. The summed E-state index contributed by atoms with van der Waals surface area (Å²) in [5.41, 5.74) is 0.853. The molecule has 156 valence electrons. The van der Waals surface area contributed by atoms with E-state index in [1.807, 2.05) is 0 Å². The summed E-state index contributed by atoms with van der Waals surface area (Å²) < 4.78 is 37.6. The number of benzene rings is 2. The van der Waals surface area contributed by atoms with Crippen LogP contribution in [-0.4, -0.2) is 45.9 Å². The summed E-state index contributed by atoms with van der Waals surface area (Å²) in [6, 6.07) is 11.1. The summed E-state index contributed by atoms with van der Waals surface area (Å²) >= 11 is 0. The number of carbonyl (C=O) groups excluding carboxylic acids is 1. The Labute approximate surface area is 171 Å². The molecule has 3 rings (SSSR count). The maximum Gasteiger partial charge on any atom is 0.255 e. The minimum Gasteiger partial charge on any atom is -0.497 e. The van der Waals surface area contributed by atoms with Crippen LogP contribution in [0.1, 0.15) is 30.1 Å². The van der Waals surface area contributed by atoms with Crippen LogP contribution in [-0.2, 0) is 10.0 Å². The Kier molecular flexibility index (Phi) is 6.44. The summed E-state index contributed by atoms with van der Waals surface area (Å²) in [6.07, 6.45) is 1.73. The molecule has 2 aromatic rings. The molecule has 0 bridgehead atoms. The van der Waals surface area contributed by atoms with Crippen molar-refractivity contribution in [3.63, 3.8) is 0 Å². The van der Waals surface area contributed by atoms with Gasteiger partial charge in [0.25, 0.3) is 5.91 Å². The lowest BCUT2D eigenvalue weighted by molar-refractivity contribution is 0.102. The smallest absolute Gasteiger partial charge is 0.255 e. The topological polar surface area (TPSA) is 84.9 Å². The van der Waals surface area contributed by atoms with Crippen LogP contribution in [0.5, 0.6) is 11.5 Å². The molecule has 8 heteroatoms. The Balaban J connectivity index is 1.74. The quantitative estimate of drug-likeness (QED) is 0.777. The van der Waals surface area contributed by atoms with E-state index in [0.717, 1.165) is 12.8 Å². The van der Waals surface area contributed by atoms with Crippen LogP contribution in [0, 0.1) is 5.92 Å². The number of anilines is 1. The number of piperidine rings is 1. The Hall–Kier alpha value is -2.58. The van der Waals surface area contributed by atoms with Gasteiger partial charge in [-0.1, -0.05) is 6.92 Å². The molecule has 29 heavy (non-hydrogen) atoms. The molecule has 1 aliphatic heterocycles. The molecule has 1 amide bonds. The number of hydrogen-bond acceptors (Lipinski definition) is 5. The van der Waals surface area contributed by atoms with E-state index in [9.17, 15) is 13.2 Å². The van der Waals surface area contributed by atoms with Crippen molar-refractivity contribution in [2.24, 2.45) is 5.92 Å². The molecule has 0 unspecified atom stereocenters. The highest BCUT2D eigenvalue weighted by Gasteiger charge is 2.28. The van der Waals surface area contributed by atoms with E-state index in [-0.39, 0.29) is 10.8 Å². The van der Waals surface area contributed by atoms with Crippen LogP contribution >= 0.6 is 0 Å². The molecule has 0 aromatic heterocycles. The molecule has 0 radical (unpaired) electrons. The van der Waals surface area contributed by atoms with Crippen molar-refractivity contribution >= 4 is 21.6 Å². The molecule has 0 saturated carbocycles. The zero-order valence-electron chi connectivity index (χ0n) is 16.8. The summed E-state index contributed by atoms with van der Waals surface area (Å²) in [5, 5.41) is 2.78. The van der Waals surface area contributed by atoms with Gasteiger partial charge in [0.2, 0.25) is 10.0 Å². The Morgan fingerprint density at radius 3 is 2.28 bits per heavy atom. The number of methoxy groups -OCH3 is 2. The lowest BCUT2D eigenvalue weighted by Crippen LogP contribution is -2.37. The van der Waals surface area contributed by atoms with Crippen molar-refractivity contribution < 1.29 is 22.7 Å². The van der Waals surface area contributed by atoms with Crippen molar-refractivity contribution in [1.29, 1.82) is 0 Å². The molecular weight excluding hydrogens is 392 g/mol. The Morgan fingerprint density at radius 1 is 1.03 bits per heavy atom. The van der Waals surface area contributed by atoms with Crippen molar-refractivity contribution in [1.82, 2.24) is 4.31 Å². The third kappa shape index (κ3) is 4.71. The van der Waals surface area contributed by atoms with Crippen LogP contribution in [0.25, 0.3) is 0 Å². The minimum atomic E-state index is -3.54. The molecule has 1 N–H and O–H groups in total. The molecule has 0 aliphatic carbocycles. The summed E-state index contributed by atoms with van der Waals surface area (Å²) in [7, 11) is -0.483. The highest BCUT2D eigenvalue weighted by molar-refractivity contribution is 7.89. The Bertz CT molecular complexity index is 965. The average molecular weight is 419 g/mol. The maximum absolute atomic E-state index is 12.8. The number of nitrogens with one attached hydrogen (secondary N) is 1. The predicted octanol–water partition coefficient (Wildman–Crippen LogP) is 3.38. The van der Waals surface area contributed by atoms with Crippen LogP contribution in [0.2, 0.25) is 0 Å². The van der Waals surface area contributed by atoms with Crippen LogP contribution in [0.3, 0.4) is 0 Å². The van der Waals surface area contributed by atoms with Gasteiger partial charge in [0.1, 0.15) is 11.5 Å². The summed E-state index contributed by atoms with van der Waals surface area (Å²) in [4.78, 5) is 12.8. The van der Waals surface area contributed by atoms with Crippen LogP contribution < -0.4 is 14.8 Å². The number of hydrogen-bond donors (Lipinski definition) is 1. The normalized spacial score (nSPS) is 15.7. The van der Waals surface area contributed by atoms with E-state index in [1.165, 1.54) is 35.7 Å². The fraction of sp³-hybridized carbons (Fsp3) is 0.381. The SMILES string of the molecule is COc1ccc(NC(=O)c2ccc(S(=O)(=O)N3CCC(C)CC3)cc2)c(OC)c1. The molecule has 2 aromatic carbocycles. The molecule has 1 aliphatic rings. The minimum absolute atomic E-state index is 0.200. The van der Waals surface area contributed by atoms with Gasteiger partial charge >= 0.3 is 0 Å². The Morgan fingerprint density at radius 2 is 1.69 bits per heavy atom. The zero-order chi connectivity index (χ0) is 21.0. The van der Waals surface area contributed by atoms with Crippen molar-refractivity contribution in [3.05, 3.63) is 48.0 Å². The number of nitrogens with zero attached hydrogens (tertiary/aromatic N) is 1. The van der Waals surface area contributed by atoms with Gasteiger partial charge in [0, 0.05) is 24.7 Å². The first-order valence-electron chi connectivity index (χ1n) is 9.48. The third-order valence-corrected chi connectivity index (χ3v) is 7.07. The van der Waals surface area contributed by atoms with Gasteiger partial charge in [-0.25, -0.2) is 8.42 Å². The van der Waals surface area contributed by atoms with Gasteiger partial charge in [0.15, 0.2) is 0 Å². The third-order valence-electron chi connectivity index (χ3n) is 5.15. The lowest BCUT2D eigenvalue weighted by Gasteiger charge is -2.29. The van der Waals surface area contributed by atoms with Crippen LogP contribution in [0.15, 0.2) is 47.4 Å². The predicted molar refractivity (Wildman–Crippen MR) is 111 cm³/mol. The second-order valence-corrected chi connectivity index (χ2v) is 9.07. The summed E-state index contributed by atoms with van der Waals surface area (Å²) in [6.45, 7) is 3.20. The molecule has 7 nitrogen and oxygen atoms in total. The van der Waals surface area contributed by atoms with Gasteiger partial charge in [-0.2, -0.15) is 4.31 Å². The fourth-order valence-corrected chi connectivity index (χ4v) is 4.72. The average Bonchev–Trinajstić information content (AvgIpc) is 2.74. The second-order valence-electron chi connectivity index (χ2n) is 7.13. The molecule has 1 heterocycles. The molecule has 0 spiro atoms. The van der Waals surface area contributed by atoms with E-state index < -0.39 is 10.0 Å². The largest absolute Gasteiger partial charge is 0.497 e. The first kappa shape index (κ1) is 21.1. The lowest BCUT2D eigenvalue weighted by atomic mass is 10.0. The van der Waals surface area contributed by atoms with Gasteiger partial charge in [0.05, 0.1) is 24.8 Å². The monoisotopic (exact) mass is 418 g/mol. The number of rotatable bonds is 6. The van der Waals surface area contributed by atoms with Crippen molar-refractivity contribution in [3.8, 4) is 11.5 Å².